The molecule has 1 unspecified atom stereocenters. The van der Waals surface area contributed by atoms with Gasteiger partial charge in [-0.05, 0) is 39.2 Å². The summed E-state index contributed by atoms with van der Waals surface area (Å²) in [5.74, 6) is -0.453. The average molecular weight is 387 g/mol. The van der Waals surface area contributed by atoms with Gasteiger partial charge in [0.15, 0.2) is 0 Å². The van der Waals surface area contributed by atoms with Crippen LogP contribution in [0.25, 0.3) is 0 Å². The number of aryl methyl sites for hydroxylation is 2. The molecule has 27 heavy (non-hydrogen) atoms. The second kappa shape index (κ2) is 8.17. The van der Waals surface area contributed by atoms with Crippen LogP contribution in [0.1, 0.15) is 44.2 Å². The van der Waals surface area contributed by atoms with Crippen LogP contribution in [-0.2, 0) is 22.4 Å². The number of nitrogens with zero attached hydrogens (tertiary/aromatic N) is 3. The molecule has 1 aliphatic heterocycles. The van der Waals surface area contributed by atoms with Crippen molar-refractivity contribution < 1.29 is 9.59 Å². The molecule has 6 nitrogen and oxygen atoms in total. The van der Waals surface area contributed by atoms with Crippen LogP contribution in [0.5, 0.6) is 0 Å². The first-order valence-corrected chi connectivity index (χ1v) is 10.1. The fraction of sp³-hybridized carbons (Fsp3) is 0.500. The lowest BCUT2D eigenvalue weighted by molar-refractivity contribution is -0.131. The van der Waals surface area contributed by atoms with E-state index in [4.69, 9.17) is 0 Å². The molecule has 1 fully saturated rings. The minimum Gasteiger partial charge on any atom is -0.337 e. The van der Waals surface area contributed by atoms with E-state index in [0.717, 1.165) is 24.3 Å². The fourth-order valence-corrected chi connectivity index (χ4v) is 4.02. The SMILES string of the molecule is CC(C)(C)N1CC(C(=O)Nc2nnc(CCCc3ccccc3)s2)CC1=O. The summed E-state index contributed by atoms with van der Waals surface area (Å²) in [6.45, 7) is 6.41. The Balaban J connectivity index is 1.49. The van der Waals surface area contributed by atoms with Crippen LogP contribution in [0.3, 0.4) is 0 Å². The van der Waals surface area contributed by atoms with Crippen molar-refractivity contribution >= 4 is 28.3 Å². The lowest BCUT2D eigenvalue weighted by Crippen LogP contribution is -2.42. The summed E-state index contributed by atoms with van der Waals surface area (Å²) in [5.41, 5.74) is 1.05. The maximum absolute atomic E-state index is 12.5. The number of likely N-dealkylation sites (tertiary alicyclic amines) is 1. The Bertz CT molecular complexity index is 798. The molecule has 1 saturated heterocycles. The molecule has 1 atom stereocenters. The zero-order chi connectivity index (χ0) is 19.4. The van der Waals surface area contributed by atoms with Gasteiger partial charge in [0.05, 0.1) is 5.92 Å². The van der Waals surface area contributed by atoms with E-state index < -0.39 is 0 Å². The highest BCUT2D eigenvalue weighted by atomic mass is 32.1. The third-order valence-electron chi connectivity index (χ3n) is 4.70. The Labute approximate surface area is 164 Å². The topological polar surface area (TPSA) is 75.2 Å². The maximum Gasteiger partial charge on any atom is 0.231 e. The second-order valence-electron chi connectivity index (χ2n) is 7.91. The minimum absolute atomic E-state index is 0.0292. The van der Waals surface area contributed by atoms with Crippen LogP contribution < -0.4 is 5.32 Å². The number of benzene rings is 1. The molecule has 0 spiro atoms. The molecular formula is C20H26N4O2S. The van der Waals surface area contributed by atoms with Gasteiger partial charge >= 0.3 is 0 Å². The van der Waals surface area contributed by atoms with Crippen molar-refractivity contribution in [3.63, 3.8) is 0 Å². The van der Waals surface area contributed by atoms with Crippen LogP contribution >= 0.6 is 11.3 Å². The summed E-state index contributed by atoms with van der Waals surface area (Å²) in [5, 5.41) is 12.5. The zero-order valence-corrected chi connectivity index (χ0v) is 16.9. The summed E-state index contributed by atoms with van der Waals surface area (Å²) < 4.78 is 0. The molecule has 0 aliphatic carbocycles. The molecule has 0 radical (unpaired) electrons. The van der Waals surface area contributed by atoms with Crippen LogP contribution in [-0.4, -0.2) is 39.0 Å². The van der Waals surface area contributed by atoms with E-state index in [1.807, 2.05) is 39.0 Å². The molecule has 0 saturated carbocycles. The number of amides is 2. The molecule has 2 amide bonds. The molecule has 1 N–H and O–H groups in total. The molecule has 1 aromatic carbocycles. The van der Waals surface area contributed by atoms with Crippen molar-refractivity contribution in [2.24, 2.45) is 5.92 Å². The summed E-state index contributed by atoms with van der Waals surface area (Å²) in [4.78, 5) is 26.4. The van der Waals surface area contributed by atoms with Gasteiger partial charge in [0, 0.05) is 24.9 Å². The van der Waals surface area contributed by atoms with Crippen molar-refractivity contribution in [3.05, 3.63) is 40.9 Å². The molecule has 1 aromatic heterocycles. The monoisotopic (exact) mass is 386 g/mol. The summed E-state index contributed by atoms with van der Waals surface area (Å²) in [7, 11) is 0. The molecule has 2 heterocycles. The Morgan fingerprint density at radius 1 is 1.22 bits per heavy atom. The van der Waals surface area contributed by atoms with Gasteiger partial charge < -0.3 is 10.2 Å². The number of carbonyl (C=O) groups excluding carboxylic acids is 2. The largest absolute Gasteiger partial charge is 0.337 e. The quantitative estimate of drug-likeness (QED) is 0.826. The Morgan fingerprint density at radius 2 is 1.96 bits per heavy atom. The van der Waals surface area contributed by atoms with Crippen LogP contribution in [0, 0.1) is 5.92 Å². The van der Waals surface area contributed by atoms with E-state index in [9.17, 15) is 9.59 Å². The van der Waals surface area contributed by atoms with Gasteiger partial charge in [-0.2, -0.15) is 0 Å². The normalized spacial score (nSPS) is 17.4. The first-order chi connectivity index (χ1) is 12.8. The number of aromatic nitrogens is 2. The van der Waals surface area contributed by atoms with E-state index in [1.54, 1.807) is 4.90 Å². The smallest absolute Gasteiger partial charge is 0.231 e. The van der Waals surface area contributed by atoms with E-state index in [-0.39, 0.29) is 29.7 Å². The van der Waals surface area contributed by atoms with Crippen molar-refractivity contribution in [1.82, 2.24) is 15.1 Å². The Morgan fingerprint density at radius 3 is 2.63 bits per heavy atom. The minimum atomic E-state index is -0.331. The zero-order valence-electron chi connectivity index (χ0n) is 16.1. The van der Waals surface area contributed by atoms with Crippen molar-refractivity contribution in [2.75, 3.05) is 11.9 Å². The number of rotatable bonds is 6. The first kappa shape index (κ1) is 19.5. The van der Waals surface area contributed by atoms with Crippen LogP contribution in [0.15, 0.2) is 30.3 Å². The molecule has 144 valence electrons. The molecular weight excluding hydrogens is 360 g/mol. The lowest BCUT2D eigenvalue weighted by Gasteiger charge is -2.31. The van der Waals surface area contributed by atoms with E-state index in [2.05, 4.69) is 27.6 Å². The number of nitrogens with one attached hydrogen (secondary N) is 1. The molecule has 7 heteroatoms. The fourth-order valence-electron chi connectivity index (χ4n) is 3.23. The average Bonchev–Trinajstić information content (AvgIpc) is 3.22. The van der Waals surface area contributed by atoms with E-state index >= 15 is 0 Å². The van der Waals surface area contributed by atoms with Crippen LogP contribution in [0.4, 0.5) is 5.13 Å². The highest BCUT2D eigenvalue weighted by molar-refractivity contribution is 7.15. The predicted octanol–water partition coefficient (Wildman–Crippen LogP) is 3.30. The molecule has 1 aliphatic rings. The van der Waals surface area contributed by atoms with Crippen molar-refractivity contribution in [2.45, 2.75) is 52.0 Å². The van der Waals surface area contributed by atoms with Gasteiger partial charge in [-0.15, -0.1) is 10.2 Å². The Hall–Kier alpha value is -2.28. The van der Waals surface area contributed by atoms with Gasteiger partial charge in [-0.25, -0.2) is 0 Å². The molecule has 0 bridgehead atoms. The third-order valence-corrected chi connectivity index (χ3v) is 5.60. The molecule has 3 rings (SSSR count). The number of carbonyl (C=O) groups is 2. The summed E-state index contributed by atoms with van der Waals surface area (Å²) >= 11 is 1.41. The van der Waals surface area contributed by atoms with Gasteiger partial charge in [0.1, 0.15) is 5.01 Å². The highest BCUT2D eigenvalue weighted by Gasteiger charge is 2.39. The summed E-state index contributed by atoms with van der Waals surface area (Å²) in [6.07, 6.45) is 3.08. The third kappa shape index (κ3) is 5.13. The maximum atomic E-state index is 12.5. The van der Waals surface area contributed by atoms with Crippen LogP contribution in [0.2, 0.25) is 0 Å². The van der Waals surface area contributed by atoms with Gasteiger partial charge in [-0.3, -0.25) is 9.59 Å². The highest BCUT2D eigenvalue weighted by Crippen LogP contribution is 2.27. The molecule has 2 aromatic rings. The van der Waals surface area contributed by atoms with Gasteiger partial charge in [0.25, 0.3) is 0 Å². The lowest BCUT2D eigenvalue weighted by atomic mass is 10.1. The van der Waals surface area contributed by atoms with Gasteiger partial charge in [-0.1, -0.05) is 41.7 Å². The van der Waals surface area contributed by atoms with Crippen molar-refractivity contribution in [3.8, 4) is 0 Å². The standard InChI is InChI=1S/C20H26N4O2S/c1-20(2,3)24-13-15(12-17(24)25)18(26)21-19-23-22-16(27-19)11-7-10-14-8-5-4-6-9-14/h4-6,8-9,15H,7,10-13H2,1-3H3,(H,21,23,26). The Kier molecular flexibility index (Phi) is 5.89. The second-order valence-corrected chi connectivity index (χ2v) is 8.97. The number of hydrogen-bond donors (Lipinski definition) is 1. The predicted molar refractivity (Wildman–Crippen MR) is 107 cm³/mol. The summed E-state index contributed by atoms with van der Waals surface area (Å²) in [6, 6.07) is 10.3. The van der Waals surface area contributed by atoms with E-state index in [0.29, 0.717) is 11.7 Å². The van der Waals surface area contributed by atoms with E-state index in [1.165, 1.54) is 16.9 Å². The van der Waals surface area contributed by atoms with Gasteiger partial charge in [0.2, 0.25) is 16.9 Å². The number of hydrogen-bond acceptors (Lipinski definition) is 5. The van der Waals surface area contributed by atoms with Crippen molar-refractivity contribution in [1.29, 1.82) is 0 Å². The first-order valence-electron chi connectivity index (χ1n) is 9.30. The number of anilines is 1.